The first-order valence-corrected chi connectivity index (χ1v) is 8.33. The average molecular weight is 313 g/mol. The molecule has 7 heteroatoms. The van der Waals surface area contributed by atoms with Crippen molar-refractivity contribution >= 4 is 27.2 Å². The largest absolute Gasteiger partial charge is 0.388 e. The van der Waals surface area contributed by atoms with Crippen LogP contribution in [0.4, 0.5) is 0 Å². The molecule has 1 aliphatic heterocycles. The van der Waals surface area contributed by atoms with Crippen LogP contribution in [-0.4, -0.2) is 35.8 Å². The van der Waals surface area contributed by atoms with Gasteiger partial charge in [-0.25, -0.2) is 8.42 Å². The molecule has 110 valence electrons. The van der Waals surface area contributed by atoms with Gasteiger partial charge in [-0.05, 0) is 30.4 Å². The highest BCUT2D eigenvalue weighted by Crippen LogP contribution is 2.31. The third-order valence-corrected chi connectivity index (χ3v) is 5.53. The van der Waals surface area contributed by atoms with Crippen LogP contribution in [0.1, 0.15) is 32.4 Å². The van der Waals surface area contributed by atoms with E-state index >= 15 is 0 Å². The van der Waals surface area contributed by atoms with Crippen molar-refractivity contribution < 1.29 is 8.42 Å². The SMILES string of the molecule is CC1(C)CCCN(S(=O)(=O)c2ccc(C(N)=S)nc2)C1. The van der Waals surface area contributed by atoms with Crippen molar-refractivity contribution in [2.75, 3.05) is 13.1 Å². The van der Waals surface area contributed by atoms with Gasteiger partial charge >= 0.3 is 0 Å². The summed E-state index contributed by atoms with van der Waals surface area (Å²) in [7, 11) is -3.49. The summed E-state index contributed by atoms with van der Waals surface area (Å²) in [6.07, 6.45) is 3.24. The van der Waals surface area contributed by atoms with Crippen molar-refractivity contribution in [3.63, 3.8) is 0 Å². The molecule has 1 fully saturated rings. The first-order valence-electron chi connectivity index (χ1n) is 6.48. The molecule has 2 rings (SSSR count). The number of piperidine rings is 1. The zero-order valence-corrected chi connectivity index (χ0v) is 13.3. The molecule has 0 unspecified atom stereocenters. The van der Waals surface area contributed by atoms with Crippen LogP contribution in [0.5, 0.6) is 0 Å². The molecular formula is C13H19N3O2S2. The number of thiocarbonyl (C=S) groups is 1. The number of hydrogen-bond acceptors (Lipinski definition) is 4. The third-order valence-electron chi connectivity index (χ3n) is 3.49. The minimum Gasteiger partial charge on any atom is -0.388 e. The van der Waals surface area contributed by atoms with Gasteiger partial charge in [-0.3, -0.25) is 4.98 Å². The standard InChI is InChI=1S/C13H19N3O2S2/c1-13(2)6-3-7-16(9-13)20(17,18)10-4-5-11(12(14)19)15-8-10/h4-5,8H,3,6-7,9H2,1-2H3,(H2,14,19). The number of hydrogen-bond donors (Lipinski definition) is 1. The van der Waals surface area contributed by atoms with E-state index in [0.29, 0.717) is 18.8 Å². The van der Waals surface area contributed by atoms with Crippen LogP contribution in [0.3, 0.4) is 0 Å². The first kappa shape index (κ1) is 15.3. The van der Waals surface area contributed by atoms with Gasteiger partial charge in [0.25, 0.3) is 0 Å². The molecule has 20 heavy (non-hydrogen) atoms. The zero-order valence-electron chi connectivity index (χ0n) is 11.7. The second-order valence-electron chi connectivity index (χ2n) is 5.85. The summed E-state index contributed by atoms with van der Waals surface area (Å²) < 4.78 is 26.7. The fraction of sp³-hybridized carbons (Fsp3) is 0.538. The van der Waals surface area contributed by atoms with Gasteiger partial charge in [0, 0.05) is 19.3 Å². The van der Waals surface area contributed by atoms with Crippen LogP contribution in [0.2, 0.25) is 0 Å². The Morgan fingerprint density at radius 2 is 2.15 bits per heavy atom. The summed E-state index contributed by atoms with van der Waals surface area (Å²) in [4.78, 5) is 4.35. The van der Waals surface area contributed by atoms with E-state index < -0.39 is 10.0 Å². The van der Waals surface area contributed by atoms with Crippen LogP contribution in [0.15, 0.2) is 23.2 Å². The lowest BCUT2D eigenvalue weighted by atomic mass is 9.85. The molecule has 1 aromatic heterocycles. The Morgan fingerprint density at radius 3 is 2.65 bits per heavy atom. The third kappa shape index (κ3) is 3.16. The number of aromatic nitrogens is 1. The van der Waals surface area contributed by atoms with Gasteiger partial charge in [0.05, 0.1) is 5.69 Å². The van der Waals surface area contributed by atoms with E-state index in [1.807, 2.05) is 0 Å². The van der Waals surface area contributed by atoms with Gasteiger partial charge < -0.3 is 5.73 Å². The minimum absolute atomic E-state index is 0.0114. The molecule has 5 nitrogen and oxygen atoms in total. The molecule has 1 saturated heterocycles. The average Bonchev–Trinajstić information content (AvgIpc) is 2.37. The fourth-order valence-corrected chi connectivity index (χ4v) is 4.14. The summed E-state index contributed by atoms with van der Waals surface area (Å²) in [6.45, 7) is 5.26. The lowest BCUT2D eigenvalue weighted by Crippen LogP contribution is -2.43. The van der Waals surface area contributed by atoms with E-state index in [9.17, 15) is 8.42 Å². The highest BCUT2D eigenvalue weighted by molar-refractivity contribution is 7.89. The molecule has 0 spiro atoms. The summed E-state index contributed by atoms with van der Waals surface area (Å²) in [5.41, 5.74) is 5.90. The van der Waals surface area contributed by atoms with E-state index in [1.54, 1.807) is 6.07 Å². The second-order valence-corrected chi connectivity index (χ2v) is 8.23. The topological polar surface area (TPSA) is 76.3 Å². The Morgan fingerprint density at radius 1 is 1.45 bits per heavy atom. The molecule has 2 N–H and O–H groups in total. The number of sulfonamides is 1. The Balaban J connectivity index is 2.28. The molecule has 0 aliphatic carbocycles. The maximum atomic E-state index is 12.6. The summed E-state index contributed by atoms with van der Waals surface area (Å²) in [5, 5.41) is 0. The maximum absolute atomic E-state index is 12.6. The number of rotatable bonds is 3. The van der Waals surface area contributed by atoms with E-state index in [-0.39, 0.29) is 15.3 Å². The lowest BCUT2D eigenvalue weighted by Gasteiger charge is -2.37. The monoisotopic (exact) mass is 313 g/mol. The summed E-state index contributed by atoms with van der Waals surface area (Å²) in [5.74, 6) is 0. The maximum Gasteiger partial charge on any atom is 0.244 e. The quantitative estimate of drug-likeness (QED) is 0.856. The van der Waals surface area contributed by atoms with Gasteiger partial charge in [0.2, 0.25) is 10.0 Å². The zero-order chi connectivity index (χ0) is 15.0. The van der Waals surface area contributed by atoms with E-state index in [4.69, 9.17) is 18.0 Å². The summed E-state index contributed by atoms with van der Waals surface area (Å²) in [6, 6.07) is 3.06. The predicted octanol–water partition coefficient (Wildman–Crippen LogP) is 1.53. The van der Waals surface area contributed by atoms with Gasteiger partial charge in [-0.1, -0.05) is 26.1 Å². The van der Waals surface area contributed by atoms with Crippen LogP contribution in [0, 0.1) is 5.41 Å². The molecule has 0 saturated carbocycles. The molecule has 0 aromatic carbocycles. The van der Waals surface area contributed by atoms with Crippen molar-refractivity contribution in [1.29, 1.82) is 0 Å². The highest BCUT2D eigenvalue weighted by Gasteiger charge is 2.34. The van der Waals surface area contributed by atoms with Gasteiger partial charge in [0.1, 0.15) is 9.88 Å². The minimum atomic E-state index is -3.49. The highest BCUT2D eigenvalue weighted by atomic mass is 32.2. The number of pyridine rings is 1. The smallest absolute Gasteiger partial charge is 0.244 e. The molecule has 0 atom stereocenters. The Bertz CT molecular complexity index is 609. The van der Waals surface area contributed by atoms with E-state index in [2.05, 4.69) is 18.8 Å². The van der Waals surface area contributed by atoms with Crippen LogP contribution < -0.4 is 5.73 Å². The van der Waals surface area contributed by atoms with Crippen molar-refractivity contribution in [3.8, 4) is 0 Å². The molecule has 0 radical (unpaired) electrons. The van der Waals surface area contributed by atoms with Crippen molar-refractivity contribution in [2.45, 2.75) is 31.6 Å². The second kappa shape index (κ2) is 5.38. The Labute approximate surface area is 125 Å². The molecule has 1 aromatic rings. The normalized spacial score (nSPS) is 19.7. The van der Waals surface area contributed by atoms with Crippen molar-refractivity contribution in [3.05, 3.63) is 24.0 Å². The van der Waals surface area contributed by atoms with Crippen molar-refractivity contribution in [1.82, 2.24) is 9.29 Å². The molecular weight excluding hydrogens is 294 g/mol. The van der Waals surface area contributed by atoms with Gasteiger partial charge in [-0.15, -0.1) is 0 Å². The molecule has 1 aliphatic rings. The van der Waals surface area contributed by atoms with Crippen LogP contribution in [-0.2, 0) is 10.0 Å². The van der Waals surface area contributed by atoms with Gasteiger partial charge in [-0.2, -0.15) is 4.31 Å². The van der Waals surface area contributed by atoms with Crippen LogP contribution >= 0.6 is 12.2 Å². The van der Waals surface area contributed by atoms with Crippen molar-refractivity contribution in [2.24, 2.45) is 11.1 Å². The fourth-order valence-electron chi connectivity index (χ4n) is 2.40. The van der Waals surface area contributed by atoms with Gasteiger partial charge in [0.15, 0.2) is 0 Å². The number of nitrogens with two attached hydrogens (primary N) is 1. The molecule has 0 bridgehead atoms. The molecule has 2 heterocycles. The lowest BCUT2D eigenvalue weighted by molar-refractivity contribution is 0.187. The van der Waals surface area contributed by atoms with E-state index in [1.165, 1.54) is 16.6 Å². The first-order chi connectivity index (χ1) is 9.22. The number of nitrogens with zero attached hydrogens (tertiary/aromatic N) is 2. The Hall–Kier alpha value is -1.05. The predicted molar refractivity (Wildman–Crippen MR) is 81.9 cm³/mol. The Kier molecular flexibility index (Phi) is 4.13. The van der Waals surface area contributed by atoms with Crippen LogP contribution in [0.25, 0.3) is 0 Å². The van der Waals surface area contributed by atoms with E-state index in [0.717, 1.165) is 12.8 Å². The summed E-state index contributed by atoms with van der Waals surface area (Å²) >= 11 is 4.81. The molecule has 0 amide bonds.